The molecule has 2 aromatic carbocycles. The topological polar surface area (TPSA) is 73.1 Å². The maximum atomic E-state index is 12.6. The summed E-state index contributed by atoms with van der Waals surface area (Å²) in [6.07, 6.45) is 4.82. The van der Waals surface area contributed by atoms with Gasteiger partial charge in [-0.3, -0.25) is 14.2 Å². The fraction of sp³-hybridized carbons (Fsp3) is 0.174. The molecule has 0 aliphatic carbocycles. The zero-order chi connectivity index (χ0) is 20.8. The third kappa shape index (κ3) is 4.99. The summed E-state index contributed by atoms with van der Waals surface area (Å²) in [6.45, 7) is 0. The second kappa shape index (κ2) is 9.01. The van der Waals surface area contributed by atoms with E-state index in [2.05, 4.69) is 5.32 Å². The van der Waals surface area contributed by atoms with E-state index in [9.17, 15) is 14.4 Å². The summed E-state index contributed by atoms with van der Waals surface area (Å²) in [6, 6.07) is 19.5. The average Bonchev–Trinajstić information content (AvgIpc) is 2.75. The number of nitrogens with one attached hydrogen (secondary N) is 1. The summed E-state index contributed by atoms with van der Waals surface area (Å²) in [5, 5.41) is 3.01. The Balaban J connectivity index is 1.81. The molecule has 3 aromatic rings. The monoisotopic (exact) mass is 389 g/mol. The van der Waals surface area contributed by atoms with Crippen molar-refractivity contribution in [1.82, 2.24) is 14.5 Å². The van der Waals surface area contributed by atoms with E-state index >= 15 is 0 Å². The van der Waals surface area contributed by atoms with Gasteiger partial charge >= 0.3 is 5.69 Å². The molecule has 0 aliphatic rings. The van der Waals surface area contributed by atoms with Crippen molar-refractivity contribution in [3.63, 3.8) is 0 Å². The number of carbonyl (C=O) groups excluding carboxylic acids is 1. The van der Waals surface area contributed by atoms with Crippen molar-refractivity contribution < 1.29 is 4.79 Å². The molecular formula is C23H23N3O3. The highest BCUT2D eigenvalue weighted by atomic mass is 16.2. The zero-order valence-electron chi connectivity index (χ0n) is 16.4. The summed E-state index contributed by atoms with van der Waals surface area (Å²) in [5.74, 6) is -0.314. The molecule has 1 aromatic heterocycles. The first-order chi connectivity index (χ1) is 14.0. The Labute approximate surface area is 168 Å². The smallest absolute Gasteiger partial charge is 0.330 e. The number of aromatic nitrogens is 2. The molecule has 0 saturated carbocycles. The van der Waals surface area contributed by atoms with Gasteiger partial charge in [0.15, 0.2) is 0 Å². The van der Waals surface area contributed by atoms with Crippen molar-refractivity contribution in [1.29, 1.82) is 0 Å². The molecule has 6 nitrogen and oxygen atoms in total. The van der Waals surface area contributed by atoms with E-state index in [-0.39, 0.29) is 17.5 Å². The molecule has 1 unspecified atom stereocenters. The molecule has 1 amide bonds. The second-order valence-electron chi connectivity index (χ2n) is 6.84. The predicted octanol–water partition coefficient (Wildman–Crippen LogP) is 2.20. The minimum Gasteiger partial charge on any atom is -0.345 e. The van der Waals surface area contributed by atoms with Crippen LogP contribution >= 0.6 is 0 Å². The summed E-state index contributed by atoms with van der Waals surface area (Å²) >= 11 is 0. The molecule has 1 N–H and O–H groups in total. The summed E-state index contributed by atoms with van der Waals surface area (Å²) in [5.41, 5.74) is 1.52. The van der Waals surface area contributed by atoms with Crippen molar-refractivity contribution >= 4 is 12.0 Å². The minimum atomic E-state index is -0.443. The number of nitrogens with zero attached hydrogens (tertiary/aromatic N) is 2. The Bertz CT molecular complexity index is 1130. The first kappa shape index (κ1) is 20.1. The fourth-order valence-electron chi connectivity index (χ4n) is 3.12. The van der Waals surface area contributed by atoms with E-state index < -0.39 is 11.2 Å². The van der Waals surface area contributed by atoms with Crippen LogP contribution in [0.5, 0.6) is 0 Å². The molecule has 0 saturated heterocycles. The van der Waals surface area contributed by atoms with Crippen molar-refractivity contribution in [3.8, 4) is 0 Å². The molecule has 0 bridgehead atoms. The molecule has 0 fully saturated rings. The highest BCUT2D eigenvalue weighted by Gasteiger charge is 2.14. The van der Waals surface area contributed by atoms with E-state index in [1.165, 1.54) is 30.0 Å². The lowest BCUT2D eigenvalue weighted by Gasteiger charge is -2.18. The van der Waals surface area contributed by atoms with Gasteiger partial charge in [0.25, 0.3) is 5.56 Å². The van der Waals surface area contributed by atoms with Gasteiger partial charge < -0.3 is 9.88 Å². The van der Waals surface area contributed by atoms with Crippen LogP contribution in [0.1, 0.15) is 22.7 Å². The molecule has 1 heterocycles. The quantitative estimate of drug-likeness (QED) is 0.657. The van der Waals surface area contributed by atoms with E-state index in [4.69, 9.17) is 0 Å². The van der Waals surface area contributed by atoms with Gasteiger partial charge in [-0.15, -0.1) is 0 Å². The van der Waals surface area contributed by atoms with E-state index in [0.29, 0.717) is 6.42 Å². The minimum absolute atomic E-state index is 0.210. The van der Waals surface area contributed by atoms with Gasteiger partial charge in [-0.1, -0.05) is 60.7 Å². The number of hydrogen-bond donors (Lipinski definition) is 1. The van der Waals surface area contributed by atoms with Gasteiger partial charge in [0.2, 0.25) is 5.91 Å². The van der Waals surface area contributed by atoms with Crippen LogP contribution in [-0.2, 0) is 25.3 Å². The van der Waals surface area contributed by atoms with Crippen LogP contribution in [0.25, 0.3) is 6.08 Å². The molecule has 1 atom stereocenters. The SMILES string of the molecule is Cn1cc(/C=C/C(=O)NC(Cc2ccccc2)c2ccccc2)c(=O)n(C)c1=O. The highest BCUT2D eigenvalue weighted by molar-refractivity contribution is 5.91. The van der Waals surface area contributed by atoms with Gasteiger partial charge in [0.1, 0.15) is 0 Å². The van der Waals surface area contributed by atoms with E-state index in [1.54, 1.807) is 7.05 Å². The molecule has 0 radical (unpaired) electrons. The number of rotatable bonds is 6. The van der Waals surface area contributed by atoms with Crippen molar-refractivity contribution in [3.05, 3.63) is 110 Å². The maximum absolute atomic E-state index is 12.6. The van der Waals surface area contributed by atoms with Gasteiger partial charge in [0, 0.05) is 26.4 Å². The summed E-state index contributed by atoms with van der Waals surface area (Å²) < 4.78 is 2.32. The molecule has 29 heavy (non-hydrogen) atoms. The molecule has 148 valence electrons. The van der Waals surface area contributed by atoms with Gasteiger partial charge in [-0.25, -0.2) is 4.79 Å². The number of hydrogen-bond acceptors (Lipinski definition) is 3. The molecule has 0 aliphatic heterocycles. The van der Waals surface area contributed by atoms with Crippen LogP contribution in [0, 0.1) is 0 Å². The van der Waals surface area contributed by atoms with Crippen LogP contribution in [0.2, 0.25) is 0 Å². The van der Waals surface area contributed by atoms with Crippen molar-refractivity contribution in [2.24, 2.45) is 14.1 Å². The van der Waals surface area contributed by atoms with Crippen molar-refractivity contribution in [2.75, 3.05) is 0 Å². The number of aryl methyl sites for hydroxylation is 1. The van der Waals surface area contributed by atoms with Crippen molar-refractivity contribution in [2.45, 2.75) is 12.5 Å². The number of benzene rings is 2. The average molecular weight is 389 g/mol. The van der Waals surface area contributed by atoms with E-state index in [0.717, 1.165) is 15.7 Å². The van der Waals surface area contributed by atoms with Crippen LogP contribution in [-0.4, -0.2) is 15.0 Å². The highest BCUT2D eigenvalue weighted by Crippen LogP contribution is 2.18. The third-order valence-electron chi connectivity index (χ3n) is 4.69. The lowest BCUT2D eigenvalue weighted by Crippen LogP contribution is -2.37. The number of carbonyl (C=O) groups is 1. The largest absolute Gasteiger partial charge is 0.345 e. The van der Waals surface area contributed by atoms with Gasteiger partial charge in [-0.05, 0) is 23.6 Å². The summed E-state index contributed by atoms with van der Waals surface area (Å²) in [7, 11) is 2.97. The summed E-state index contributed by atoms with van der Waals surface area (Å²) in [4.78, 5) is 36.5. The first-order valence-corrected chi connectivity index (χ1v) is 9.30. The molecule has 6 heteroatoms. The zero-order valence-corrected chi connectivity index (χ0v) is 16.4. The molecule has 3 rings (SSSR count). The molecular weight excluding hydrogens is 366 g/mol. The fourth-order valence-corrected chi connectivity index (χ4v) is 3.12. The van der Waals surface area contributed by atoms with Crippen LogP contribution in [0.15, 0.2) is 82.5 Å². The van der Waals surface area contributed by atoms with Gasteiger partial charge in [0.05, 0.1) is 11.6 Å². The van der Waals surface area contributed by atoms with Crippen LogP contribution < -0.4 is 16.6 Å². The van der Waals surface area contributed by atoms with Crippen LogP contribution in [0.3, 0.4) is 0 Å². The lowest BCUT2D eigenvalue weighted by atomic mass is 9.99. The first-order valence-electron chi connectivity index (χ1n) is 9.30. The number of amides is 1. The Morgan fingerprint density at radius 2 is 1.62 bits per heavy atom. The Morgan fingerprint density at radius 1 is 1.00 bits per heavy atom. The Morgan fingerprint density at radius 3 is 2.28 bits per heavy atom. The Hall–Kier alpha value is -3.67. The lowest BCUT2D eigenvalue weighted by molar-refractivity contribution is -0.117. The van der Waals surface area contributed by atoms with Crippen LogP contribution in [0.4, 0.5) is 0 Å². The maximum Gasteiger partial charge on any atom is 0.330 e. The third-order valence-corrected chi connectivity index (χ3v) is 4.69. The normalized spacial score (nSPS) is 12.1. The Kier molecular flexibility index (Phi) is 6.24. The standard InChI is InChI=1S/C23H23N3O3/c1-25-16-19(22(28)26(2)23(25)29)13-14-21(27)24-20(18-11-7-4-8-12-18)15-17-9-5-3-6-10-17/h3-14,16,20H,15H2,1-2H3,(H,24,27)/b14-13+. The molecule has 0 spiro atoms. The van der Waals surface area contributed by atoms with Gasteiger partial charge in [-0.2, -0.15) is 0 Å². The van der Waals surface area contributed by atoms with E-state index in [1.807, 2.05) is 60.7 Å². The predicted molar refractivity (Wildman–Crippen MR) is 113 cm³/mol. The second-order valence-corrected chi connectivity index (χ2v) is 6.84.